The molecule has 1 atom stereocenters. The maximum absolute atomic E-state index is 14.3. The fourth-order valence-electron chi connectivity index (χ4n) is 2.76. The van der Waals surface area contributed by atoms with Crippen LogP contribution in [0.25, 0.3) is 0 Å². The molecule has 2 rings (SSSR count). The van der Waals surface area contributed by atoms with Crippen LogP contribution in [0.15, 0.2) is 18.2 Å². The molecule has 1 amide bonds. The minimum absolute atomic E-state index is 0.0415. The van der Waals surface area contributed by atoms with Crippen molar-refractivity contribution in [2.75, 3.05) is 25.0 Å². The Bertz CT molecular complexity index is 478. The van der Waals surface area contributed by atoms with E-state index in [9.17, 15) is 9.18 Å². The van der Waals surface area contributed by atoms with Crippen molar-refractivity contribution >= 4 is 11.6 Å². The standard InChI is InChI=1S/C15H22FN3O/c1-3-18-10-11-6-4-7-12(16)14(11)19-9-5-8-13(19)15(20)17-2/h4,6-7,13,18H,3,5,8-10H2,1-2H3,(H,17,20). The fourth-order valence-corrected chi connectivity index (χ4v) is 2.76. The topological polar surface area (TPSA) is 44.4 Å². The van der Waals surface area contributed by atoms with Crippen molar-refractivity contribution in [3.05, 3.63) is 29.6 Å². The number of para-hydroxylation sites is 1. The van der Waals surface area contributed by atoms with E-state index < -0.39 is 0 Å². The third-order valence-corrected chi connectivity index (χ3v) is 3.72. The summed E-state index contributed by atoms with van der Waals surface area (Å²) in [5, 5.41) is 5.89. The van der Waals surface area contributed by atoms with Crippen LogP contribution < -0.4 is 15.5 Å². The number of nitrogens with one attached hydrogen (secondary N) is 2. The van der Waals surface area contributed by atoms with Crippen molar-refractivity contribution in [3.63, 3.8) is 0 Å². The van der Waals surface area contributed by atoms with Gasteiger partial charge in [-0.25, -0.2) is 4.39 Å². The summed E-state index contributed by atoms with van der Waals surface area (Å²) in [6, 6.07) is 4.83. The molecule has 0 radical (unpaired) electrons. The zero-order valence-electron chi connectivity index (χ0n) is 12.1. The molecule has 1 unspecified atom stereocenters. The Morgan fingerprint density at radius 1 is 1.50 bits per heavy atom. The molecule has 0 saturated carbocycles. The molecule has 1 fully saturated rings. The van der Waals surface area contributed by atoms with Crippen LogP contribution in [0.1, 0.15) is 25.3 Å². The quantitative estimate of drug-likeness (QED) is 0.861. The van der Waals surface area contributed by atoms with E-state index in [0.717, 1.165) is 31.5 Å². The van der Waals surface area contributed by atoms with E-state index >= 15 is 0 Å². The van der Waals surface area contributed by atoms with Crippen molar-refractivity contribution in [1.82, 2.24) is 10.6 Å². The van der Waals surface area contributed by atoms with E-state index in [2.05, 4.69) is 10.6 Å². The van der Waals surface area contributed by atoms with Crippen LogP contribution in [0.5, 0.6) is 0 Å². The molecule has 20 heavy (non-hydrogen) atoms. The van der Waals surface area contributed by atoms with Gasteiger partial charge in [0.05, 0.1) is 5.69 Å². The first-order valence-corrected chi connectivity index (χ1v) is 7.15. The van der Waals surface area contributed by atoms with Crippen LogP contribution in [0.4, 0.5) is 10.1 Å². The Labute approximate surface area is 119 Å². The summed E-state index contributed by atoms with van der Waals surface area (Å²) in [6.45, 7) is 4.18. The second-order valence-corrected chi connectivity index (χ2v) is 4.99. The number of nitrogens with zero attached hydrogens (tertiary/aromatic N) is 1. The highest BCUT2D eigenvalue weighted by atomic mass is 19.1. The third-order valence-electron chi connectivity index (χ3n) is 3.72. The minimum Gasteiger partial charge on any atom is -0.357 e. The van der Waals surface area contributed by atoms with Crippen molar-refractivity contribution in [2.24, 2.45) is 0 Å². The number of hydrogen-bond acceptors (Lipinski definition) is 3. The van der Waals surface area contributed by atoms with Gasteiger partial charge in [-0.1, -0.05) is 19.1 Å². The molecule has 2 N–H and O–H groups in total. The Balaban J connectivity index is 2.32. The van der Waals surface area contributed by atoms with Gasteiger partial charge in [-0.2, -0.15) is 0 Å². The zero-order chi connectivity index (χ0) is 14.5. The molecular formula is C15H22FN3O. The Morgan fingerprint density at radius 3 is 3.00 bits per heavy atom. The first-order chi connectivity index (χ1) is 9.69. The van der Waals surface area contributed by atoms with Crippen molar-refractivity contribution < 1.29 is 9.18 Å². The van der Waals surface area contributed by atoms with Crippen molar-refractivity contribution in [1.29, 1.82) is 0 Å². The van der Waals surface area contributed by atoms with Crippen molar-refractivity contribution in [2.45, 2.75) is 32.4 Å². The SMILES string of the molecule is CCNCc1cccc(F)c1N1CCCC1C(=O)NC. The van der Waals surface area contributed by atoms with E-state index in [1.807, 2.05) is 17.9 Å². The van der Waals surface area contributed by atoms with Crippen LogP contribution >= 0.6 is 0 Å². The largest absolute Gasteiger partial charge is 0.357 e. The molecule has 0 aliphatic carbocycles. The predicted molar refractivity (Wildman–Crippen MR) is 78.2 cm³/mol. The van der Waals surface area contributed by atoms with Crippen LogP contribution in [0, 0.1) is 5.82 Å². The second kappa shape index (κ2) is 6.70. The number of benzene rings is 1. The normalized spacial score (nSPS) is 18.4. The van der Waals surface area contributed by atoms with E-state index in [1.165, 1.54) is 6.07 Å². The van der Waals surface area contributed by atoms with Gasteiger partial charge in [0.2, 0.25) is 5.91 Å². The lowest BCUT2D eigenvalue weighted by molar-refractivity contribution is -0.121. The fraction of sp³-hybridized carbons (Fsp3) is 0.533. The summed E-state index contributed by atoms with van der Waals surface area (Å²) in [5.41, 5.74) is 1.47. The first kappa shape index (κ1) is 14.8. The average molecular weight is 279 g/mol. The highest BCUT2D eigenvalue weighted by molar-refractivity contribution is 5.86. The molecule has 4 nitrogen and oxygen atoms in total. The van der Waals surface area contributed by atoms with E-state index in [4.69, 9.17) is 0 Å². The first-order valence-electron chi connectivity index (χ1n) is 7.15. The summed E-state index contributed by atoms with van der Waals surface area (Å²) < 4.78 is 14.3. The Kier molecular flexibility index (Phi) is 4.95. The number of rotatable bonds is 5. The Morgan fingerprint density at radius 2 is 2.30 bits per heavy atom. The second-order valence-electron chi connectivity index (χ2n) is 4.99. The van der Waals surface area contributed by atoms with Gasteiger partial charge in [-0.3, -0.25) is 4.79 Å². The van der Waals surface area contributed by atoms with E-state index in [-0.39, 0.29) is 17.8 Å². The van der Waals surface area contributed by atoms with Crippen LogP contribution in [-0.2, 0) is 11.3 Å². The average Bonchev–Trinajstić information content (AvgIpc) is 2.93. The molecule has 110 valence electrons. The van der Waals surface area contributed by atoms with Crippen LogP contribution in [0.3, 0.4) is 0 Å². The third kappa shape index (κ3) is 2.93. The minimum atomic E-state index is -0.266. The number of amides is 1. The molecule has 0 spiro atoms. The lowest BCUT2D eigenvalue weighted by Crippen LogP contribution is -2.42. The molecule has 1 aromatic carbocycles. The van der Waals surface area contributed by atoms with Gasteiger partial charge in [0, 0.05) is 20.1 Å². The molecule has 5 heteroatoms. The van der Waals surface area contributed by atoms with Gasteiger partial charge in [0.1, 0.15) is 11.9 Å². The maximum atomic E-state index is 14.3. The van der Waals surface area contributed by atoms with Gasteiger partial charge in [-0.15, -0.1) is 0 Å². The summed E-state index contributed by atoms with van der Waals surface area (Å²) in [4.78, 5) is 13.8. The number of carbonyl (C=O) groups is 1. The summed E-state index contributed by atoms with van der Waals surface area (Å²) in [5.74, 6) is -0.295. The highest BCUT2D eigenvalue weighted by Crippen LogP contribution is 2.31. The number of likely N-dealkylation sites (N-methyl/N-ethyl adjacent to an activating group) is 1. The van der Waals surface area contributed by atoms with Gasteiger partial charge in [0.15, 0.2) is 0 Å². The summed E-state index contributed by atoms with van der Waals surface area (Å²) >= 11 is 0. The zero-order valence-corrected chi connectivity index (χ0v) is 12.1. The molecule has 1 aliphatic rings. The van der Waals surface area contributed by atoms with Gasteiger partial charge >= 0.3 is 0 Å². The molecule has 0 aromatic heterocycles. The van der Waals surface area contributed by atoms with Gasteiger partial charge in [-0.05, 0) is 31.0 Å². The molecule has 1 aliphatic heterocycles. The number of hydrogen-bond donors (Lipinski definition) is 2. The Hall–Kier alpha value is -1.62. The molecular weight excluding hydrogens is 257 g/mol. The lowest BCUT2D eigenvalue weighted by Gasteiger charge is -2.28. The molecule has 1 aromatic rings. The van der Waals surface area contributed by atoms with E-state index in [1.54, 1.807) is 13.1 Å². The number of carbonyl (C=O) groups excluding carboxylic acids is 1. The van der Waals surface area contributed by atoms with Crippen LogP contribution in [0.2, 0.25) is 0 Å². The summed E-state index contributed by atoms with van der Waals surface area (Å²) in [7, 11) is 1.62. The molecule has 1 heterocycles. The number of anilines is 1. The lowest BCUT2D eigenvalue weighted by atomic mass is 10.1. The van der Waals surface area contributed by atoms with Crippen molar-refractivity contribution in [3.8, 4) is 0 Å². The van der Waals surface area contributed by atoms with Crippen LogP contribution in [-0.4, -0.2) is 32.1 Å². The molecule has 0 bridgehead atoms. The smallest absolute Gasteiger partial charge is 0.242 e. The van der Waals surface area contributed by atoms with E-state index in [0.29, 0.717) is 12.2 Å². The maximum Gasteiger partial charge on any atom is 0.242 e. The monoisotopic (exact) mass is 279 g/mol. The highest BCUT2D eigenvalue weighted by Gasteiger charge is 2.32. The summed E-state index contributed by atoms with van der Waals surface area (Å²) in [6.07, 6.45) is 1.68. The van der Waals surface area contributed by atoms with Gasteiger partial charge < -0.3 is 15.5 Å². The molecule has 1 saturated heterocycles. The van der Waals surface area contributed by atoms with Gasteiger partial charge in [0.25, 0.3) is 0 Å². The number of halogens is 1. The predicted octanol–water partition coefficient (Wildman–Crippen LogP) is 1.65.